The molecule has 0 aromatic carbocycles. The van der Waals surface area contributed by atoms with Crippen LogP contribution in [0.15, 0.2) is 6.07 Å². The zero-order chi connectivity index (χ0) is 13.5. The van der Waals surface area contributed by atoms with Crippen molar-refractivity contribution >= 4 is 11.7 Å². The second kappa shape index (κ2) is 4.88. The first kappa shape index (κ1) is 12.4. The molecule has 5 nitrogen and oxygen atoms in total. The van der Waals surface area contributed by atoms with Crippen LogP contribution in [0.5, 0.6) is 0 Å². The summed E-state index contributed by atoms with van der Waals surface area (Å²) < 4.78 is 5.74. The SMILES string of the molecule is O=C(Nc1cc(C2CCCC2)[nH]n1)[C@@H]1C[C@H]2CC[C@@H]1O2. The molecule has 3 fully saturated rings. The van der Waals surface area contributed by atoms with Crippen molar-refractivity contribution in [3.63, 3.8) is 0 Å². The highest BCUT2D eigenvalue weighted by Gasteiger charge is 2.44. The third-order valence-electron chi connectivity index (χ3n) is 5.09. The van der Waals surface area contributed by atoms with Gasteiger partial charge < -0.3 is 10.1 Å². The smallest absolute Gasteiger partial charge is 0.231 e. The lowest BCUT2D eigenvalue weighted by Crippen LogP contribution is -2.30. The number of nitrogens with one attached hydrogen (secondary N) is 2. The number of carbonyl (C=O) groups is 1. The van der Waals surface area contributed by atoms with E-state index in [1.165, 1.54) is 31.4 Å². The molecule has 4 rings (SSSR count). The van der Waals surface area contributed by atoms with Crippen molar-refractivity contribution in [2.45, 2.75) is 63.1 Å². The van der Waals surface area contributed by atoms with Crippen LogP contribution >= 0.6 is 0 Å². The molecule has 0 radical (unpaired) electrons. The van der Waals surface area contributed by atoms with Crippen LogP contribution in [0.2, 0.25) is 0 Å². The Morgan fingerprint density at radius 2 is 2.15 bits per heavy atom. The molecule has 3 heterocycles. The van der Waals surface area contributed by atoms with Gasteiger partial charge in [0.25, 0.3) is 0 Å². The molecule has 0 spiro atoms. The maximum absolute atomic E-state index is 12.3. The van der Waals surface area contributed by atoms with Crippen molar-refractivity contribution in [3.05, 3.63) is 11.8 Å². The lowest BCUT2D eigenvalue weighted by Gasteiger charge is -2.16. The van der Waals surface area contributed by atoms with Gasteiger partial charge in [-0.2, -0.15) is 5.10 Å². The molecular formula is C15H21N3O2. The van der Waals surface area contributed by atoms with E-state index in [2.05, 4.69) is 15.5 Å². The zero-order valence-corrected chi connectivity index (χ0v) is 11.6. The summed E-state index contributed by atoms with van der Waals surface area (Å²) in [5.74, 6) is 1.35. The van der Waals surface area contributed by atoms with Gasteiger partial charge in [-0.1, -0.05) is 12.8 Å². The number of hydrogen-bond donors (Lipinski definition) is 2. The van der Waals surface area contributed by atoms with Crippen LogP contribution in [-0.2, 0) is 9.53 Å². The molecule has 3 aliphatic rings. The molecule has 2 bridgehead atoms. The highest BCUT2D eigenvalue weighted by Crippen LogP contribution is 2.39. The van der Waals surface area contributed by atoms with Gasteiger partial charge in [0.15, 0.2) is 5.82 Å². The number of hydrogen-bond acceptors (Lipinski definition) is 3. The van der Waals surface area contributed by atoms with Crippen molar-refractivity contribution in [2.24, 2.45) is 5.92 Å². The summed E-state index contributed by atoms with van der Waals surface area (Å²) in [6.07, 6.45) is 8.51. The molecule has 0 unspecified atom stereocenters. The minimum absolute atomic E-state index is 0.0142. The summed E-state index contributed by atoms with van der Waals surface area (Å²) >= 11 is 0. The number of amides is 1. The first-order valence-corrected chi connectivity index (χ1v) is 7.81. The first-order valence-electron chi connectivity index (χ1n) is 7.81. The summed E-state index contributed by atoms with van der Waals surface area (Å²) in [5.41, 5.74) is 1.17. The number of H-pyrrole nitrogens is 1. The fraction of sp³-hybridized carbons (Fsp3) is 0.733. The summed E-state index contributed by atoms with van der Waals surface area (Å²) in [5, 5.41) is 10.3. The minimum Gasteiger partial charge on any atom is -0.374 e. The molecule has 5 heteroatoms. The van der Waals surface area contributed by atoms with Gasteiger partial charge in [0.2, 0.25) is 5.91 Å². The fourth-order valence-corrected chi connectivity index (χ4v) is 3.98. The summed E-state index contributed by atoms with van der Waals surface area (Å²) in [6, 6.07) is 2.00. The number of carbonyl (C=O) groups excluding carboxylic acids is 1. The van der Waals surface area contributed by atoms with Crippen LogP contribution in [-0.4, -0.2) is 28.3 Å². The first-order chi connectivity index (χ1) is 9.79. The van der Waals surface area contributed by atoms with Crippen molar-refractivity contribution in [2.75, 3.05) is 5.32 Å². The van der Waals surface area contributed by atoms with Crippen LogP contribution in [0.1, 0.15) is 56.6 Å². The van der Waals surface area contributed by atoms with E-state index in [1.54, 1.807) is 0 Å². The maximum atomic E-state index is 12.3. The van der Waals surface area contributed by atoms with Crippen LogP contribution in [0.4, 0.5) is 5.82 Å². The molecule has 1 aliphatic carbocycles. The topological polar surface area (TPSA) is 67.0 Å². The van der Waals surface area contributed by atoms with Gasteiger partial charge in [0.05, 0.1) is 18.1 Å². The van der Waals surface area contributed by atoms with Crippen molar-refractivity contribution in [1.29, 1.82) is 0 Å². The Morgan fingerprint density at radius 3 is 2.85 bits per heavy atom. The molecule has 108 valence electrons. The predicted molar refractivity (Wildman–Crippen MR) is 74.4 cm³/mol. The van der Waals surface area contributed by atoms with E-state index in [0.29, 0.717) is 17.8 Å². The third kappa shape index (κ3) is 2.14. The Morgan fingerprint density at radius 1 is 1.30 bits per heavy atom. The van der Waals surface area contributed by atoms with Crippen LogP contribution < -0.4 is 5.32 Å². The average Bonchev–Trinajstić information content (AvgIpc) is 3.22. The second-order valence-electron chi connectivity index (χ2n) is 6.40. The van der Waals surface area contributed by atoms with Crippen LogP contribution in [0.25, 0.3) is 0 Å². The Labute approximate surface area is 118 Å². The van der Waals surface area contributed by atoms with Crippen molar-refractivity contribution in [1.82, 2.24) is 10.2 Å². The van der Waals surface area contributed by atoms with E-state index >= 15 is 0 Å². The van der Waals surface area contributed by atoms with Gasteiger partial charge in [0, 0.05) is 17.7 Å². The molecule has 20 heavy (non-hydrogen) atoms. The van der Waals surface area contributed by atoms with E-state index in [9.17, 15) is 4.79 Å². The van der Waals surface area contributed by atoms with Gasteiger partial charge in [-0.15, -0.1) is 0 Å². The molecule has 2 saturated heterocycles. The molecule has 1 aromatic heterocycles. The quantitative estimate of drug-likeness (QED) is 0.891. The number of ether oxygens (including phenoxy) is 1. The minimum atomic E-state index is 0.0142. The Hall–Kier alpha value is -1.36. The highest BCUT2D eigenvalue weighted by molar-refractivity contribution is 5.92. The van der Waals surface area contributed by atoms with E-state index in [4.69, 9.17) is 4.74 Å². The largest absolute Gasteiger partial charge is 0.374 e. The summed E-state index contributed by atoms with van der Waals surface area (Å²) in [7, 11) is 0. The van der Waals surface area contributed by atoms with E-state index < -0.39 is 0 Å². The van der Waals surface area contributed by atoms with Gasteiger partial charge >= 0.3 is 0 Å². The molecule has 2 N–H and O–H groups in total. The number of rotatable bonds is 3. The third-order valence-corrected chi connectivity index (χ3v) is 5.09. The van der Waals surface area contributed by atoms with Crippen molar-refractivity contribution < 1.29 is 9.53 Å². The zero-order valence-electron chi connectivity index (χ0n) is 11.6. The molecule has 1 aromatic rings. The van der Waals surface area contributed by atoms with E-state index in [-0.39, 0.29) is 17.9 Å². The number of aromatic nitrogens is 2. The molecule has 1 amide bonds. The second-order valence-corrected chi connectivity index (χ2v) is 6.40. The lowest BCUT2D eigenvalue weighted by molar-refractivity contribution is -0.121. The maximum Gasteiger partial charge on any atom is 0.231 e. The van der Waals surface area contributed by atoms with E-state index in [0.717, 1.165) is 19.3 Å². The summed E-state index contributed by atoms with van der Waals surface area (Å²) in [4.78, 5) is 12.3. The monoisotopic (exact) mass is 275 g/mol. The van der Waals surface area contributed by atoms with Gasteiger partial charge in [-0.05, 0) is 32.1 Å². The molecule has 1 saturated carbocycles. The van der Waals surface area contributed by atoms with Gasteiger partial charge in [-0.3, -0.25) is 9.89 Å². The van der Waals surface area contributed by atoms with Crippen LogP contribution in [0, 0.1) is 5.92 Å². The van der Waals surface area contributed by atoms with Gasteiger partial charge in [-0.25, -0.2) is 0 Å². The normalized spacial score (nSPS) is 32.9. The average molecular weight is 275 g/mol. The Kier molecular flexibility index (Phi) is 3.02. The Bertz CT molecular complexity index is 507. The number of nitrogens with zero attached hydrogens (tertiary/aromatic N) is 1. The lowest BCUT2D eigenvalue weighted by atomic mass is 9.88. The number of fused-ring (bicyclic) bond motifs is 2. The predicted octanol–water partition coefficient (Wildman–Crippen LogP) is 2.57. The van der Waals surface area contributed by atoms with Gasteiger partial charge in [0.1, 0.15) is 0 Å². The molecule has 3 atom stereocenters. The highest BCUT2D eigenvalue weighted by atomic mass is 16.5. The molecule has 2 aliphatic heterocycles. The van der Waals surface area contributed by atoms with Crippen LogP contribution in [0.3, 0.4) is 0 Å². The van der Waals surface area contributed by atoms with Crippen molar-refractivity contribution in [3.8, 4) is 0 Å². The Balaban J connectivity index is 1.40. The molecular weight excluding hydrogens is 254 g/mol. The fourth-order valence-electron chi connectivity index (χ4n) is 3.98. The number of aromatic amines is 1. The summed E-state index contributed by atoms with van der Waals surface area (Å²) in [6.45, 7) is 0. The standard InChI is InChI=1S/C15H21N3O2/c19-15(11-7-10-5-6-13(11)20-10)16-14-8-12(17-18-14)9-3-1-2-4-9/h8-11,13H,1-7H2,(H2,16,17,18,19)/t10-,11-,13+/m1/s1. The number of anilines is 1. The van der Waals surface area contributed by atoms with E-state index in [1.807, 2.05) is 6.07 Å².